The van der Waals surface area contributed by atoms with E-state index >= 15 is 0 Å². The second-order valence-corrected chi connectivity index (χ2v) is 13.1. The number of hydrogen-bond acceptors (Lipinski definition) is 6. The first-order chi connectivity index (χ1) is 26.8. The lowest BCUT2D eigenvalue weighted by molar-refractivity contribution is 0.353. The summed E-state index contributed by atoms with van der Waals surface area (Å²) in [7, 11) is 8.33. The van der Waals surface area contributed by atoms with Crippen LogP contribution in [0.4, 0.5) is 17.1 Å². The SMILES string of the molecule is COc1cc(C)cc(C=Cc2ccc(N(c3ccc(C=Cc4cc(OC)cc(OC)c4)cc3)c3ccc(C=Cc4cc(C)c(OC)c(OC)c4)cc3)cc2)c1. The molecule has 6 aromatic rings. The summed E-state index contributed by atoms with van der Waals surface area (Å²) in [4.78, 5) is 2.27. The maximum absolute atomic E-state index is 5.56. The van der Waals surface area contributed by atoms with Crippen molar-refractivity contribution in [3.8, 4) is 28.7 Å². The molecular weight excluding hydrogens is 683 g/mol. The van der Waals surface area contributed by atoms with Gasteiger partial charge in [-0.2, -0.15) is 0 Å². The maximum Gasteiger partial charge on any atom is 0.163 e. The van der Waals surface area contributed by atoms with E-state index in [1.165, 1.54) is 0 Å². The topological polar surface area (TPSA) is 49.4 Å². The van der Waals surface area contributed by atoms with Crippen LogP contribution in [0, 0.1) is 13.8 Å². The third-order valence-corrected chi connectivity index (χ3v) is 9.23. The monoisotopic (exact) mass is 729 g/mol. The fraction of sp³-hybridized carbons (Fsp3) is 0.143. The Kier molecular flexibility index (Phi) is 12.4. The van der Waals surface area contributed by atoms with Crippen LogP contribution in [0.3, 0.4) is 0 Å². The highest BCUT2D eigenvalue weighted by atomic mass is 16.5. The molecule has 0 saturated heterocycles. The Hall–Kier alpha value is -6.66. The molecule has 6 nitrogen and oxygen atoms in total. The highest BCUT2D eigenvalue weighted by molar-refractivity contribution is 5.81. The molecule has 0 aliphatic rings. The molecule has 6 heteroatoms. The van der Waals surface area contributed by atoms with Crippen molar-refractivity contribution in [2.75, 3.05) is 40.4 Å². The zero-order valence-electron chi connectivity index (χ0n) is 32.5. The van der Waals surface area contributed by atoms with Crippen LogP contribution in [0.25, 0.3) is 36.5 Å². The van der Waals surface area contributed by atoms with Crippen molar-refractivity contribution in [2.24, 2.45) is 0 Å². The van der Waals surface area contributed by atoms with Crippen LogP contribution in [-0.4, -0.2) is 35.5 Å². The Balaban J connectivity index is 1.29. The molecule has 0 N–H and O–H groups in total. The molecule has 0 atom stereocenters. The Morgan fingerprint density at radius 2 is 0.745 bits per heavy atom. The van der Waals surface area contributed by atoms with Crippen molar-refractivity contribution in [1.29, 1.82) is 0 Å². The van der Waals surface area contributed by atoms with Crippen LogP contribution in [0.2, 0.25) is 0 Å². The summed E-state index contributed by atoms with van der Waals surface area (Å²) in [5.41, 5.74) is 11.7. The van der Waals surface area contributed by atoms with Gasteiger partial charge in [0.2, 0.25) is 0 Å². The molecule has 278 valence electrons. The standard InChI is InChI=1S/C49H47NO5/c1-34-26-39(29-45(27-34)51-3)11-8-36-14-20-42(21-15-36)50(44-24-18-38(19-25-44)10-13-41-30-46(52-4)33-47(31-41)53-5)43-22-16-37(17-23-43)9-12-40-28-35(2)49(55-7)48(32-40)54-6/h8-33H,1-7H3. The van der Waals surface area contributed by atoms with E-state index in [9.17, 15) is 0 Å². The number of ether oxygens (including phenoxy) is 5. The van der Waals surface area contributed by atoms with Crippen LogP contribution >= 0.6 is 0 Å². The van der Waals surface area contributed by atoms with E-state index in [1.54, 1.807) is 35.5 Å². The predicted octanol–water partition coefficient (Wildman–Crippen LogP) is 12.3. The zero-order valence-corrected chi connectivity index (χ0v) is 32.5. The van der Waals surface area contributed by atoms with Crippen molar-refractivity contribution < 1.29 is 23.7 Å². The lowest BCUT2D eigenvalue weighted by Gasteiger charge is -2.26. The highest BCUT2D eigenvalue weighted by Crippen LogP contribution is 2.36. The third-order valence-electron chi connectivity index (χ3n) is 9.23. The molecule has 0 fully saturated rings. The molecule has 0 heterocycles. The normalized spacial score (nSPS) is 11.3. The first kappa shape index (κ1) is 38.1. The van der Waals surface area contributed by atoms with Gasteiger partial charge in [0.15, 0.2) is 11.5 Å². The third kappa shape index (κ3) is 9.67. The zero-order chi connectivity index (χ0) is 38.7. The summed E-state index contributed by atoms with van der Waals surface area (Å²) < 4.78 is 27.5. The molecule has 55 heavy (non-hydrogen) atoms. The van der Waals surface area contributed by atoms with E-state index in [0.29, 0.717) is 5.75 Å². The molecule has 0 aliphatic carbocycles. The number of aryl methyl sites for hydroxylation is 2. The molecule has 0 radical (unpaired) electrons. The summed E-state index contributed by atoms with van der Waals surface area (Å²) >= 11 is 0. The van der Waals surface area contributed by atoms with Gasteiger partial charge in [-0.05, 0) is 131 Å². The van der Waals surface area contributed by atoms with Gasteiger partial charge >= 0.3 is 0 Å². The molecular formula is C49H47NO5. The molecule has 6 rings (SSSR count). The molecule has 0 saturated carbocycles. The Morgan fingerprint density at radius 3 is 1.15 bits per heavy atom. The van der Waals surface area contributed by atoms with Gasteiger partial charge in [0, 0.05) is 23.1 Å². The van der Waals surface area contributed by atoms with E-state index in [1.807, 2.05) is 43.3 Å². The Morgan fingerprint density at radius 1 is 0.364 bits per heavy atom. The van der Waals surface area contributed by atoms with Crippen LogP contribution in [0.15, 0.2) is 121 Å². The fourth-order valence-electron chi connectivity index (χ4n) is 6.42. The van der Waals surface area contributed by atoms with Crippen molar-refractivity contribution in [1.82, 2.24) is 0 Å². The lowest BCUT2D eigenvalue weighted by Crippen LogP contribution is -2.09. The van der Waals surface area contributed by atoms with Gasteiger partial charge in [-0.25, -0.2) is 0 Å². The van der Waals surface area contributed by atoms with E-state index in [0.717, 1.165) is 84.6 Å². The number of benzene rings is 6. The largest absolute Gasteiger partial charge is 0.497 e. The summed E-state index contributed by atoms with van der Waals surface area (Å²) in [5.74, 6) is 3.82. The second-order valence-electron chi connectivity index (χ2n) is 13.1. The molecule has 0 bridgehead atoms. The smallest absolute Gasteiger partial charge is 0.163 e. The summed E-state index contributed by atoms with van der Waals surface area (Å²) in [6.45, 7) is 4.10. The van der Waals surface area contributed by atoms with Gasteiger partial charge < -0.3 is 28.6 Å². The molecule has 6 aromatic carbocycles. The number of anilines is 3. The van der Waals surface area contributed by atoms with E-state index in [-0.39, 0.29) is 0 Å². The minimum atomic E-state index is 0.715. The average molecular weight is 730 g/mol. The Labute approximate surface area is 325 Å². The van der Waals surface area contributed by atoms with Crippen molar-refractivity contribution in [2.45, 2.75) is 13.8 Å². The summed E-state index contributed by atoms with van der Waals surface area (Å²) in [5, 5.41) is 0. The molecule has 0 spiro atoms. The van der Waals surface area contributed by atoms with Crippen LogP contribution < -0.4 is 28.6 Å². The fourth-order valence-corrected chi connectivity index (χ4v) is 6.42. The first-order valence-electron chi connectivity index (χ1n) is 18.0. The van der Waals surface area contributed by atoms with Gasteiger partial charge in [-0.1, -0.05) is 78.9 Å². The average Bonchev–Trinajstić information content (AvgIpc) is 3.22. The van der Waals surface area contributed by atoms with Gasteiger partial charge in [-0.15, -0.1) is 0 Å². The van der Waals surface area contributed by atoms with E-state index in [4.69, 9.17) is 23.7 Å². The summed E-state index contributed by atoms with van der Waals surface area (Å²) in [6, 6.07) is 41.9. The predicted molar refractivity (Wildman–Crippen MR) is 229 cm³/mol. The molecule has 0 amide bonds. The maximum atomic E-state index is 5.56. The first-order valence-corrected chi connectivity index (χ1v) is 18.0. The van der Waals surface area contributed by atoms with Crippen LogP contribution in [0.5, 0.6) is 28.7 Å². The van der Waals surface area contributed by atoms with Crippen molar-refractivity contribution in [3.05, 3.63) is 166 Å². The van der Waals surface area contributed by atoms with Crippen LogP contribution in [-0.2, 0) is 0 Å². The number of methoxy groups -OCH3 is 5. The van der Waals surface area contributed by atoms with E-state index in [2.05, 4.69) is 133 Å². The van der Waals surface area contributed by atoms with Crippen LogP contribution in [0.1, 0.15) is 44.5 Å². The van der Waals surface area contributed by atoms with Crippen molar-refractivity contribution >= 4 is 53.5 Å². The minimum Gasteiger partial charge on any atom is -0.497 e. The number of hydrogen-bond donors (Lipinski definition) is 0. The molecule has 0 unspecified atom stereocenters. The van der Waals surface area contributed by atoms with Gasteiger partial charge in [-0.3, -0.25) is 0 Å². The molecule has 0 aliphatic heterocycles. The number of nitrogens with zero attached hydrogens (tertiary/aromatic N) is 1. The minimum absolute atomic E-state index is 0.715. The quantitative estimate of drug-likeness (QED) is 0.104. The highest BCUT2D eigenvalue weighted by Gasteiger charge is 2.13. The molecule has 0 aromatic heterocycles. The Bertz CT molecular complexity index is 2280. The second kappa shape index (κ2) is 17.9. The van der Waals surface area contributed by atoms with E-state index < -0.39 is 0 Å². The van der Waals surface area contributed by atoms with Gasteiger partial charge in [0.1, 0.15) is 17.2 Å². The van der Waals surface area contributed by atoms with Gasteiger partial charge in [0.25, 0.3) is 0 Å². The van der Waals surface area contributed by atoms with Gasteiger partial charge in [0.05, 0.1) is 35.5 Å². The lowest BCUT2D eigenvalue weighted by atomic mass is 10.1. The van der Waals surface area contributed by atoms with Crippen molar-refractivity contribution in [3.63, 3.8) is 0 Å². The summed E-state index contributed by atoms with van der Waals surface area (Å²) in [6.07, 6.45) is 12.6. The number of rotatable bonds is 14.